The van der Waals surface area contributed by atoms with Gasteiger partial charge in [0.05, 0.1) is 5.52 Å². The first-order valence-corrected chi connectivity index (χ1v) is 11.2. The van der Waals surface area contributed by atoms with Crippen LogP contribution in [0.25, 0.3) is 10.9 Å². The van der Waals surface area contributed by atoms with Crippen LogP contribution < -0.4 is 15.5 Å². The molecule has 0 spiro atoms. The number of aromatic nitrogens is 1. The molecular weight excluding hydrogens is 432 g/mol. The van der Waals surface area contributed by atoms with Gasteiger partial charge in [-0.15, -0.1) is 0 Å². The lowest BCUT2D eigenvalue weighted by Gasteiger charge is -2.30. The number of anilines is 2. The highest BCUT2D eigenvalue weighted by Crippen LogP contribution is 2.30. The van der Waals surface area contributed by atoms with E-state index in [2.05, 4.69) is 27.7 Å². The number of nitrogens with zero attached hydrogens (tertiary/aromatic N) is 2. The Hall–Kier alpha value is -2.87. The van der Waals surface area contributed by atoms with Crippen LogP contribution in [0.5, 0.6) is 0 Å². The molecule has 8 heteroatoms. The summed E-state index contributed by atoms with van der Waals surface area (Å²) in [5.41, 5.74) is 1.45. The molecule has 1 fully saturated rings. The highest BCUT2D eigenvalue weighted by molar-refractivity contribution is 5.93. The van der Waals surface area contributed by atoms with E-state index in [1.807, 2.05) is 32.3 Å². The minimum Gasteiger partial charge on any atom is -0.377 e. The van der Waals surface area contributed by atoms with Gasteiger partial charge in [0.25, 0.3) is 0 Å². The zero-order chi connectivity index (χ0) is 23.5. The Morgan fingerprint density at radius 2 is 1.61 bits per heavy atom. The van der Waals surface area contributed by atoms with Crippen LogP contribution in [0.4, 0.5) is 29.1 Å². The first-order chi connectivity index (χ1) is 15.8. The molecule has 4 rings (SSSR count). The van der Waals surface area contributed by atoms with Crippen LogP contribution in [0.1, 0.15) is 31.2 Å². The molecule has 0 bridgehead atoms. The van der Waals surface area contributed by atoms with Gasteiger partial charge >= 0.3 is 0 Å². The number of nitrogens with one attached hydrogen (secondary N) is 2. The van der Waals surface area contributed by atoms with Crippen LogP contribution in [0, 0.1) is 29.2 Å². The van der Waals surface area contributed by atoms with Crippen molar-refractivity contribution in [1.29, 1.82) is 0 Å². The molecule has 0 radical (unpaired) electrons. The van der Waals surface area contributed by atoms with Gasteiger partial charge in [0.2, 0.25) is 0 Å². The van der Waals surface area contributed by atoms with E-state index in [4.69, 9.17) is 4.98 Å². The first kappa shape index (κ1) is 23.3. The Kier molecular flexibility index (Phi) is 7.02. The Morgan fingerprint density at radius 1 is 0.939 bits per heavy atom. The number of benzene rings is 2. The van der Waals surface area contributed by atoms with Gasteiger partial charge in [-0.05, 0) is 44.2 Å². The van der Waals surface area contributed by atoms with E-state index >= 15 is 0 Å². The number of fused-ring (bicyclic) bond motifs is 1. The van der Waals surface area contributed by atoms with Crippen molar-refractivity contribution in [1.82, 2.24) is 10.3 Å². The smallest absolute Gasteiger partial charge is 0.166 e. The van der Waals surface area contributed by atoms with E-state index < -0.39 is 28.8 Å². The minimum atomic E-state index is -1.38. The molecule has 2 aromatic carbocycles. The van der Waals surface area contributed by atoms with Gasteiger partial charge in [-0.1, -0.05) is 18.2 Å². The summed E-state index contributed by atoms with van der Waals surface area (Å²) in [5.74, 6) is -4.26. The largest absolute Gasteiger partial charge is 0.377 e. The zero-order valence-electron chi connectivity index (χ0n) is 18.8. The third-order valence-corrected chi connectivity index (χ3v) is 6.31. The SMILES string of the molecule is CN(C)c1cc(NC2CCC(CNCc3c(F)c(F)cc(F)c3F)CC2)nc2ccccc12. The molecule has 176 valence electrons. The molecule has 4 nitrogen and oxygen atoms in total. The molecule has 3 aromatic rings. The predicted molar refractivity (Wildman–Crippen MR) is 123 cm³/mol. The summed E-state index contributed by atoms with van der Waals surface area (Å²) in [6.07, 6.45) is 3.74. The van der Waals surface area contributed by atoms with Gasteiger partial charge in [0, 0.05) is 55.5 Å². The van der Waals surface area contributed by atoms with Crippen LogP contribution in [0.2, 0.25) is 0 Å². The second-order valence-electron chi connectivity index (χ2n) is 8.88. The molecule has 1 aromatic heterocycles. The second kappa shape index (κ2) is 9.95. The first-order valence-electron chi connectivity index (χ1n) is 11.2. The van der Waals surface area contributed by atoms with Crippen LogP contribution in [-0.4, -0.2) is 31.7 Å². The quantitative estimate of drug-likeness (QED) is 0.355. The summed E-state index contributed by atoms with van der Waals surface area (Å²) >= 11 is 0. The van der Waals surface area contributed by atoms with E-state index in [0.717, 1.165) is 48.1 Å². The van der Waals surface area contributed by atoms with Gasteiger partial charge in [0.15, 0.2) is 23.3 Å². The van der Waals surface area contributed by atoms with Crippen molar-refractivity contribution in [2.45, 2.75) is 38.3 Å². The van der Waals surface area contributed by atoms with Crippen LogP contribution >= 0.6 is 0 Å². The van der Waals surface area contributed by atoms with Gasteiger partial charge in [-0.2, -0.15) is 0 Å². The van der Waals surface area contributed by atoms with Crippen molar-refractivity contribution in [2.75, 3.05) is 30.9 Å². The normalized spacial score (nSPS) is 18.5. The van der Waals surface area contributed by atoms with Gasteiger partial charge in [-0.25, -0.2) is 22.5 Å². The zero-order valence-corrected chi connectivity index (χ0v) is 18.8. The molecule has 1 aliphatic rings. The average molecular weight is 461 g/mol. The van der Waals surface area contributed by atoms with Gasteiger partial charge in [-0.3, -0.25) is 0 Å². The molecule has 0 amide bonds. The topological polar surface area (TPSA) is 40.2 Å². The molecule has 0 unspecified atom stereocenters. The summed E-state index contributed by atoms with van der Waals surface area (Å²) < 4.78 is 54.3. The van der Waals surface area contributed by atoms with E-state index in [0.29, 0.717) is 12.5 Å². The van der Waals surface area contributed by atoms with E-state index in [-0.39, 0.29) is 18.7 Å². The standard InChI is InChI=1S/C25H28F4N4/c1-33(2)22-12-23(32-21-6-4-3-5-17(21)22)31-16-9-7-15(8-10-16)13-30-14-18-24(28)19(26)11-20(27)25(18)29/h3-6,11-12,15-16,30H,7-10,13-14H2,1-2H3,(H,31,32). The number of halogens is 4. The fourth-order valence-electron chi connectivity index (χ4n) is 4.50. The number of para-hydroxylation sites is 1. The number of hydrogen-bond acceptors (Lipinski definition) is 4. The maximum absolute atomic E-state index is 13.8. The molecular formula is C25H28F4N4. The molecule has 0 aliphatic heterocycles. The van der Waals surface area contributed by atoms with E-state index in [1.54, 1.807) is 0 Å². The second-order valence-corrected chi connectivity index (χ2v) is 8.88. The van der Waals surface area contributed by atoms with Crippen molar-refractivity contribution in [3.63, 3.8) is 0 Å². The fraction of sp³-hybridized carbons (Fsp3) is 0.400. The lowest BCUT2D eigenvalue weighted by Crippen LogP contribution is -2.31. The number of hydrogen-bond donors (Lipinski definition) is 2. The number of rotatable bonds is 7. The van der Waals surface area contributed by atoms with Crippen molar-refractivity contribution in [3.05, 3.63) is 65.2 Å². The van der Waals surface area contributed by atoms with Crippen LogP contribution in [0.15, 0.2) is 36.4 Å². The summed E-state index contributed by atoms with van der Waals surface area (Å²) in [5, 5.41) is 7.62. The monoisotopic (exact) mass is 460 g/mol. The predicted octanol–water partition coefficient (Wildman–Crippen LogP) is 5.62. The highest BCUT2D eigenvalue weighted by atomic mass is 19.2. The summed E-state index contributed by atoms with van der Waals surface area (Å²) in [6.45, 7) is 0.279. The molecule has 0 saturated heterocycles. The van der Waals surface area contributed by atoms with Crippen molar-refractivity contribution >= 4 is 22.4 Å². The van der Waals surface area contributed by atoms with Crippen LogP contribution in [-0.2, 0) is 6.54 Å². The molecule has 0 atom stereocenters. The fourth-order valence-corrected chi connectivity index (χ4v) is 4.50. The Bertz CT molecular complexity index is 1100. The Morgan fingerprint density at radius 3 is 2.27 bits per heavy atom. The van der Waals surface area contributed by atoms with E-state index in [1.165, 1.54) is 0 Å². The van der Waals surface area contributed by atoms with Gasteiger partial charge in [0.1, 0.15) is 5.82 Å². The maximum atomic E-state index is 13.8. The number of pyridine rings is 1. The summed E-state index contributed by atoms with van der Waals surface area (Å²) in [4.78, 5) is 6.84. The molecule has 1 heterocycles. The summed E-state index contributed by atoms with van der Waals surface area (Å²) in [7, 11) is 4.03. The Balaban J connectivity index is 1.31. The Labute approximate surface area is 191 Å². The molecule has 33 heavy (non-hydrogen) atoms. The third-order valence-electron chi connectivity index (χ3n) is 6.31. The lowest BCUT2D eigenvalue weighted by atomic mass is 9.86. The van der Waals surface area contributed by atoms with Crippen molar-refractivity contribution in [3.8, 4) is 0 Å². The summed E-state index contributed by atoms with van der Waals surface area (Å²) in [6, 6.07) is 10.6. The maximum Gasteiger partial charge on any atom is 0.166 e. The molecule has 1 aliphatic carbocycles. The van der Waals surface area contributed by atoms with Crippen molar-refractivity contribution in [2.24, 2.45) is 5.92 Å². The highest BCUT2D eigenvalue weighted by Gasteiger charge is 2.23. The molecule has 1 saturated carbocycles. The minimum absolute atomic E-state index is 0.230. The third kappa shape index (κ3) is 5.21. The van der Waals surface area contributed by atoms with Crippen LogP contribution in [0.3, 0.4) is 0 Å². The van der Waals surface area contributed by atoms with E-state index in [9.17, 15) is 17.6 Å². The molecule has 2 N–H and O–H groups in total. The lowest BCUT2D eigenvalue weighted by molar-refractivity contribution is 0.321. The van der Waals surface area contributed by atoms with Gasteiger partial charge < -0.3 is 15.5 Å². The average Bonchev–Trinajstić information content (AvgIpc) is 2.80. The van der Waals surface area contributed by atoms with Crippen molar-refractivity contribution < 1.29 is 17.6 Å².